The Labute approximate surface area is 112 Å². The SMILES string of the molecule is CCc1ccccc1OCC(=O)Nc1ccccn1. The molecule has 1 heterocycles. The maximum absolute atomic E-state index is 11.7. The van der Waals surface area contributed by atoms with Gasteiger partial charge in [-0.1, -0.05) is 31.2 Å². The predicted octanol–water partition coefficient (Wildman–Crippen LogP) is 2.66. The summed E-state index contributed by atoms with van der Waals surface area (Å²) in [5, 5.41) is 2.67. The summed E-state index contributed by atoms with van der Waals surface area (Å²) in [6.45, 7) is 2.03. The third kappa shape index (κ3) is 3.81. The van der Waals surface area contributed by atoms with Crippen LogP contribution in [0.1, 0.15) is 12.5 Å². The first kappa shape index (κ1) is 13.1. The number of aryl methyl sites for hydroxylation is 1. The number of anilines is 1. The number of rotatable bonds is 5. The van der Waals surface area contributed by atoms with Gasteiger partial charge in [0.25, 0.3) is 5.91 Å². The van der Waals surface area contributed by atoms with E-state index in [0.29, 0.717) is 5.82 Å². The van der Waals surface area contributed by atoms with Crippen LogP contribution in [0, 0.1) is 0 Å². The summed E-state index contributed by atoms with van der Waals surface area (Å²) in [5.41, 5.74) is 1.09. The van der Waals surface area contributed by atoms with Gasteiger partial charge >= 0.3 is 0 Å². The lowest BCUT2D eigenvalue weighted by Gasteiger charge is -2.10. The smallest absolute Gasteiger partial charge is 0.263 e. The van der Waals surface area contributed by atoms with Crippen LogP contribution in [0.4, 0.5) is 5.82 Å². The molecule has 98 valence electrons. The third-order valence-electron chi connectivity index (χ3n) is 2.64. The monoisotopic (exact) mass is 256 g/mol. The average Bonchev–Trinajstić information content (AvgIpc) is 2.46. The average molecular weight is 256 g/mol. The molecule has 0 unspecified atom stereocenters. The Morgan fingerprint density at radius 1 is 1.21 bits per heavy atom. The largest absolute Gasteiger partial charge is 0.483 e. The van der Waals surface area contributed by atoms with Crippen molar-refractivity contribution in [3.8, 4) is 5.75 Å². The van der Waals surface area contributed by atoms with E-state index in [9.17, 15) is 4.79 Å². The Morgan fingerprint density at radius 3 is 2.74 bits per heavy atom. The minimum atomic E-state index is -0.218. The number of amides is 1. The van der Waals surface area contributed by atoms with Crippen LogP contribution in [0.3, 0.4) is 0 Å². The van der Waals surface area contributed by atoms with Gasteiger partial charge in [-0.05, 0) is 30.2 Å². The number of para-hydroxylation sites is 1. The van der Waals surface area contributed by atoms with Gasteiger partial charge in [-0.25, -0.2) is 4.98 Å². The van der Waals surface area contributed by atoms with Gasteiger partial charge in [0.2, 0.25) is 0 Å². The Balaban J connectivity index is 1.90. The van der Waals surface area contributed by atoms with Gasteiger partial charge in [0.1, 0.15) is 11.6 Å². The molecule has 2 rings (SSSR count). The fraction of sp³-hybridized carbons (Fsp3) is 0.200. The number of aromatic nitrogens is 1. The molecule has 0 aliphatic carbocycles. The molecule has 0 fully saturated rings. The van der Waals surface area contributed by atoms with Gasteiger partial charge in [0.15, 0.2) is 6.61 Å². The van der Waals surface area contributed by atoms with Crippen molar-refractivity contribution in [1.29, 1.82) is 0 Å². The summed E-state index contributed by atoms with van der Waals surface area (Å²) in [7, 11) is 0. The lowest BCUT2D eigenvalue weighted by atomic mass is 10.1. The van der Waals surface area contributed by atoms with Crippen molar-refractivity contribution in [3.63, 3.8) is 0 Å². The molecule has 0 saturated heterocycles. The van der Waals surface area contributed by atoms with Crippen molar-refractivity contribution in [2.75, 3.05) is 11.9 Å². The van der Waals surface area contributed by atoms with Gasteiger partial charge in [0.05, 0.1) is 0 Å². The van der Waals surface area contributed by atoms with Gasteiger partial charge in [-0.15, -0.1) is 0 Å². The van der Waals surface area contributed by atoms with Gasteiger partial charge < -0.3 is 10.1 Å². The Morgan fingerprint density at radius 2 is 2.00 bits per heavy atom. The van der Waals surface area contributed by atoms with Crippen molar-refractivity contribution < 1.29 is 9.53 Å². The van der Waals surface area contributed by atoms with Crippen LogP contribution >= 0.6 is 0 Å². The van der Waals surface area contributed by atoms with Crippen LogP contribution in [0.25, 0.3) is 0 Å². The van der Waals surface area contributed by atoms with E-state index in [0.717, 1.165) is 17.7 Å². The van der Waals surface area contributed by atoms with Gasteiger partial charge in [-0.3, -0.25) is 4.79 Å². The highest BCUT2D eigenvalue weighted by atomic mass is 16.5. The highest BCUT2D eigenvalue weighted by Crippen LogP contribution is 2.18. The molecule has 0 atom stereocenters. The molecule has 1 aromatic carbocycles. The second-order valence-corrected chi connectivity index (χ2v) is 4.01. The molecule has 2 aromatic rings. The molecule has 4 heteroatoms. The highest BCUT2D eigenvalue weighted by Gasteiger charge is 2.06. The first-order valence-corrected chi connectivity index (χ1v) is 6.21. The second kappa shape index (κ2) is 6.54. The van der Waals surface area contributed by atoms with Crippen molar-refractivity contribution >= 4 is 11.7 Å². The maximum Gasteiger partial charge on any atom is 0.263 e. The van der Waals surface area contributed by atoms with Crippen LogP contribution in [0.15, 0.2) is 48.7 Å². The Hall–Kier alpha value is -2.36. The molecular weight excluding hydrogens is 240 g/mol. The number of carbonyl (C=O) groups excluding carboxylic acids is 1. The van der Waals surface area contributed by atoms with Crippen molar-refractivity contribution in [2.45, 2.75) is 13.3 Å². The fourth-order valence-electron chi connectivity index (χ4n) is 1.70. The normalized spacial score (nSPS) is 9.95. The number of carbonyl (C=O) groups is 1. The number of pyridine rings is 1. The van der Waals surface area contributed by atoms with Gasteiger partial charge in [-0.2, -0.15) is 0 Å². The quantitative estimate of drug-likeness (QED) is 0.894. The molecule has 4 nitrogen and oxygen atoms in total. The molecule has 0 saturated carbocycles. The second-order valence-electron chi connectivity index (χ2n) is 4.01. The standard InChI is InChI=1S/C15H16N2O2/c1-2-12-7-3-4-8-13(12)19-11-15(18)17-14-9-5-6-10-16-14/h3-10H,2,11H2,1H3,(H,16,17,18). The Kier molecular flexibility index (Phi) is 4.50. The maximum atomic E-state index is 11.7. The van der Waals surface area contributed by atoms with Crippen LogP contribution in [-0.4, -0.2) is 17.5 Å². The molecule has 19 heavy (non-hydrogen) atoms. The molecule has 0 radical (unpaired) electrons. The summed E-state index contributed by atoms with van der Waals surface area (Å²) >= 11 is 0. The number of benzene rings is 1. The zero-order valence-electron chi connectivity index (χ0n) is 10.8. The zero-order valence-corrected chi connectivity index (χ0v) is 10.8. The molecule has 1 aromatic heterocycles. The van der Waals surface area contributed by atoms with Crippen LogP contribution in [-0.2, 0) is 11.2 Å². The van der Waals surface area contributed by atoms with Crippen molar-refractivity contribution in [1.82, 2.24) is 4.98 Å². The molecule has 0 bridgehead atoms. The molecule has 0 aliphatic rings. The van der Waals surface area contributed by atoms with E-state index in [1.807, 2.05) is 30.3 Å². The Bertz CT molecular complexity index is 541. The topological polar surface area (TPSA) is 51.2 Å². The number of ether oxygens (including phenoxy) is 1. The van der Waals surface area contributed by atoms with Crippen molar-refractivity contribution in [2.24, 2.45) is 0 Å². The fourth-order valence-corrected chi connectivity index (χ4v) is 1.70. The predicted molar refractivity (Wildman–Crippen MR) is 74.2 cm³/mol. The summed E-state index contributed by atoms with van der Waals surface area (Å²) in [6.07, 6.45) is 2.50. The van der Waals surface area contributed by atoms with E-state index in [-0.39, 0.29) is 12.5 Å². The van der Waals surface area contributed by atoms with Crippen molar-refractivity contribution in [3.05, 3.63) is 54.2 Å². The number of nitrogens with one attached hydrogen (secondary N) is 1. The first-order chi connectivity index (χ1) is 9.29. The molecule has 1 amide bonds. The number of nitrogens with zero attached hydrogens (tertiary/aromatic N) is 1. The van der Waals surface area contributed by atoms with E-state index in [1.165, 1.54) is 0 Å². The number of hydrogen-bond donors (Lipinski definition) is 1. The lowest BCUT2D eigenvalue weighted by molar-refractivity contribution is -0.118. The molecule has 0 spiro atoms. The van der Waals surface area contributed by atoms with E-state index in [2.05, 4.69) is 17.2 Å². The summed E-state index contributed by atoms with van der Waals surface area (Å²) in [5.74, 6) is 1.06. The van der Waals surface area contributed by atoms with E-state index in [4.69, 9.17) is 4.74 Å². The van der Waals surface area contributed by atoms with E-state index >= 15 is 0 Å². The summed E-state index contributed by atoms with van der Waals surface area (Å²) < 4.78 is 5.52. The van der Waals surface area contributed by atoms with Crippen LogP contribution in [0.2, 0.25) is 0 Å². The molecule has 1 N–H and O–H groups in total. The van der Waals surface area contributed by atoms with Gasteiger partial charge in [0, 0.05) is 6.20 Å². The van der Waals surface area contributed by atoms with Crippen LogP contribution < -0.4 is 10.1 Å². The van der Waals surface area contributed by atoms with E-state index < -0.39 is 0 Å². The molecular formula is C15H16N2O2. The zero-order chi connectivity index (χ0) is 13.5. The minimum absolute atomic E-state index is 0.0203. The minimum Gasteiger partial charge on any atom is -0.483 e. The molecule has 0 aliphatic heterocycles. The highest BCUT2D eigenvalue weighted by molar-refractivity contribution is 5.90. The number of hydrogen-bond acceptors (Lipinski definition) is 3. The third-order valence-corrected chi connectivity index (χ3v) is 2.64. The van der Waals surface area contributed by atoms with Crippen LogP contribution in [0.5, 0.6) is 5.75 Å². The van der Waals surface area contributed by atoms with E-state index in [1.54, 1.807) is 18.3 Å². The first-order valence-electron chi connectivity index (χ1n) is 6.21. The summed E-state index contributed by atoms with van der Waals surface area (Å²) in [4.78, 5) is 15.7. The summed E-state index contributed by atoms with van der Waals surface area (Å²) in [6, 6.07) is 13.1. The lowest BCUT2D eigenvalue weighted by Crippen LogP contribution is -2.21.